The molecule has 5 heteroatoms. The van der Waals surface area contributed by atoms with Crippen molar-refractivity contribution >= 4 is 5.69 Å². The summed E-state index contributed by atoms with van der Waals surface area (Å²) in [4.78, 5) is 2.40. The van der Waals surface area contributed by atoms with Gasteiger partial charge in [-0.15, -0.1) is 0 Å². The van der Waals surface area contributed by atoms with E-state index in [1.807, 2.05) is 18.2 Å². The molecule has 0 aliphatic carbocycles. The maximum absolute atomic E-state index is 5.33. The van der Waals surface area contributed by atoms with Gasteiger partial charge in [-0.3, -0.25) is 4.90 Å². The average Bonchev–Trinajstić information content (AvgIpc) is 2.48. The molecule has 1 aliphatic rings. The van der Waals surface area contributed by atoms with E-state index in [0.29, 0.717) is 0 Å². The number of anilines is 1. The van der Waals surface area contributed by atoms with Gasteiger partial charge in [-0.2, -0.15) is 0 Å². The third-order valence-corrected chi connectivity index (χ3v) is 3.24. The van der Waals surface area contributed by atoms with Crippen LogP contribution in [0.1, 0.15) is 0 Å². The van der Waals surface area contributed by atoms with Gasteiger partial charge in [0.15, 0.2) is 11.5 Å². The summed E-state index contributed by atoms with van der Waals surface area (Å²) in [6.07, 6.45) is 0. The molecule has 0 aromatic heterocycles. The van der Waals surface area contributed by atoms with Gasteiger partial charge >= 0.3 is 0 Å². The Morgan fingerprint density at radius 1 is 1.16 bits per heavy atom. The maximum atomic E-state index is 5.33. The van der Waals surface area contributed by atoms with Gasteiger partial charge in [0.2, 0.25) is 0 Å². The van der Waals surface area contributed by atoms with Gasteiger partial charge in [0.1, 0.15) is 0 Å². The average molecular weight is 266 g/mol. The first-order valence-corrected chi connectivity index (χ1v) is 6.59. The van der Waals surface area contributed by atoms with Crippen LogP contribution in [0.25, 0.3) is 0 Å². The van der Waals surface area contributed by atoms with Gasteiger partial charge in [-0.25, -0.2) is 0 Å². The minimum absolute atomic E-state index is 0.749. The first-order valence-electron chi connectivity index (χ1n) is 6.59. The van der Waals surface area contributed by atoms with E-state index in [9.17, 15) is 0 Å². The quantitative estimate of drug-likeness (QED) is 0.844. The van der Waals surface area contributed by atoms with Crippen LogP contribution >= 0.6 is 0 Å². The van der Waals surface area contributed by atoms with Crippen molar-refractivity contribution in [3.8, 4) is 11.5 Å². The molecule has 1 saturated heterocycles. The van der Waals surface area contributed by atoms with Crippen LogP contribution in [-0.2, 0) is 4.74 Å². The van der Waals surface area contributed by atoms with E-state index in [2.05, 4.69) is 10.2 Å². The van der Waals surface area contributed by atoms with Crippen LogP contribution in [0.15, 0.2) is 18.2 Å². The molecule has 1 fully saturated rings. The number of benzene rings is 1. The summed E-state index contributed by atoms with van der Waals surface area (Å²) in [5.74, 6) is 1.50. The molecule has 1 aromatic rings. The van der Waals surface area contributed by atoms with Crippen molar-refractivity contribution in [2.24, 2.45) is 0 Å². The van der Waals surface area contributed by atoms with Crippen LogP contribution in [0.2, 0.25) is 0 Å². The van der Waals surface area contributed by atoms with Crippen LogP contribution in [0.3, 0.4) is 0 Å². The van der Waals surface area contributed by atoms with E-state index in [1.54, 1.807) is 14.2 Å². The molecule has 106 valence electrons. The Morgan fingerprint density at radius 3 is 2.58 bits per heavy atom. The van der Waals surface area contributed by atoms with Crippen LogP contribution in [0.5, 0.6) is 11.5 Å². The fraction of sp³-hybridized carbons (Fsp3) is 0.571. The van der Waals surface area contributed by atoms with E-state index < -0.39 is 0 Å². The summed E-state index contributed by atoms with van der Waals surface area (Å²) >= 11 is 0. The van der Waals surface area contributed by atoms with Crippen molar-refractivity contribution in [2.75, 3.05) is 58.9 Å². The molecular weight excluding hydrogens is 244 g/mol. The molecule has 0 radical (unpaired) electrons. The summed E-state index contributed by atoms with van der Waals surface area (Å²) in [6, 6.07) is 5.87. The fourth-order valence-electron chi connectivity index (χ4n) is 2.13. The van der Waals surface area contributed by atoms with Crippen molar-refractivity contribution < 1.29 is 14.2 Å². The molecule has 0 unspecified atom stereocenters. The highest BCUT2D eigenvalue weighted by Crippen LogP contribution is 2.29. The lowest BCUT2D eigenvalue weighted by molar-refractivity contribution is 0.0398. The first kappa shape index (κ1) is 14.0. The van der Waals surface area contributed by atoms with E-state index >= 15 is 0 Å². The Hall–Kier alpha value is -1.46. The Morgan fingerprint density at radius 2 is 1.89 bits per heavy atom. The monoisotopic (exact) mass is 266 g/mol. The zero-order valence-corrected chi connectivity index (χ0v) is 11.6. The second-order valence-corrected chi connectivity index (χ2v) is 4.45. The summed E-state index contributed by atoms with van der Waals surface area (Å²) in [7, 11) is 3.29. The molecule has 5 nitrogen and oxygen atoms in total. The third kappa shape index (κ3) is 4.01. The Labute approximate surface area is 114 Å². The van der Waals surface area contributed by atoms with Gasteiger partial charge in [0.25, 0.3) is 0 Å². The first-order chi connectivity index (χ1) is 9.33. The minimum atomic E-state index is 0.749. The van der Waals surface area contributed by atoms with Crippen LogP contribution in [-0.4, -0.2) is 58.5 Å². The van der Waals surface area contributed by atoms with Gasteiger partial charge < -0.3 is 19.5 Å². The topological polar surface area (TPSA) is 43.0 Å². The van der Waals surface area contributed by atoms with Gasteiger partial charge in [-0.05, 0) is 12.1 Å². The molecule has 1 aliphatic heterocycles. The molecule has 1 N–H and O–H groups in total. The van der Waals surface area contributed by atoms with Gasteiger partial charge in [-0.1, -0.05) is 0 Å². The number of nitrogens with one attached hydrogen (secondary N) is 1. The number of methoxy groups -OCH3 is 2. The molecule has 0 atom stereocenters. The second kappa shape index (κ2) is 7.21. The van der Waals surface area contributed by atoms with Gasteiger partial charge in [0.05, 0.1) is 27.4 Å². The van der Waals surface area contributed by atoms with E-state index in [4.69, 9.17) is 14.2 Å². The maximum Gasteiger partial charge on any atom is 0.162 e. The van der Waals surface area contributed by atoms with E-state index in [-0.39, 0.29) is 0 Å². The lowest BCUT2D eigenvalue weighted by Gasteiger charge is -2.26. The summed E-state index contributed by atoms with van der Waals surface area (Å²) < 4.78 is 15.8. The normalized spacial score (nSPS) is 16.1. The van der Waals surface area contributed by atoms with Crippen molar-refractivity contribution in [1.82, 2.24) is 4.90 Å². The Kier molecular flexibility index (Phi) is 5.30. The highest BCUT2D eigenvalue weighted by atomic mass is 16.5. The molecule has 1 aromatic carbocycles. The highest BCUT2D eigenvalue weighted by Gasteiger charge is 2.09. The number of ether oxygens (including phenoxy) is 3. The summed E-state index contributed by atoms with van der Waals surface area (Å²) in [6.45, 7) is 5.67. The largest absolute Gasteiger partial charge is 0.493 e. The number of hydrogen-bond donors (Lipinski definition) is 1. The van der Waals surface area contributed by atoms with Crippen molar-refractivity contribution in [2.45, 2.75) is 0 Å². The van der Waals surface area contributed by atoms with E-state index in [0.717, 1.165) is 56.6 Å². The number of morpholine rings is 1. The minimum Gasteiger partial charge on any atom is -0.493 e. The molecule has 0 saturated carbocycles. The third-order valence-electron chi connectivity index (χ3n) is 3.24. The number of hydrogen-bond acceptors (Lipinski definition) is 5. The Balaban J connectivity index is 1.81. The van der Waals surface area contributed by atoms with Crippen molar-refractivity contribution in [1.29, 1.82) is 0 Å². The highest BCUT2D eigenvalue weighted by molar-refractivity contribution is 5.54. The summed E-state index contributed by atoms with van der Waals surface area (Å²) in [5, 5.41) is 3.40. The molecule has 2 rings (SSSR count). The number of nitrogens with zero attached hydrogens (tertiary/aromatic N) is 1. The second-order valence-electron chi connectivity index (χ2n) is 4.45. The van der Waals surface area contributed by atoms with Crippen molar-refractivity contribution in [3.05, 3.63) is 18.2 Å². The zero-order chi connectivity index (χ0) is 13.5. The predicted molar refractivity (Wildman–Crippen MR) is 75.3 cm³/mol. The van der Waals surface area contributed by atoms with Crippen molar-refractivity contribution in [3.63, 3.8) is 0 Å². The standard InChI is InChI=1S/C14H22N2O3/c1-17-13-4-3-12(11-14(13)18-2)15-5-6-16-7-9-19-10-8-16/h3-4,11,15H,5-10H2,1-2H3. The Bertz CT molecular complexity index is 392. The van der Waals surface area contributed by atoms with Gasteiger partial charge in [0, 0.05) is 37.9 Å². The fourth-order valence-corrected chi connectivity index (χ4v) is 2.13. The zero-order valence-electron chi connectivity index (χ0n) is 11.6. The molecular formula is C14H22N2O3. The summed E-state index contributed by atoms with van der Waals surface area (Å²) in [5.41, 5.74) is 1.05. The molecule has 19 heavy (non-hydrogen) atoms. The van der Waals surface area contributed by atoms with Crippen LogP contribution in [0, 0.1) is 0 Å². The lowest BCUT2D eigenvalue weighted by Crippen LogP contribution is -2.38. The SMILES string of the molecule is COc1ccc(NCCN2CCOCC2)cc1OC. The van der Waals surface area contributed by atoms with Crippen LogP contribution in [0.4, 0.5) is 5.69 Å². The molecule has 0 bridgehead atoms. The van der Waals surface area contributed by atoms with E-state index in [1.165, 1.54) is 0 Å². The molecule has 0 spiro atoms. The van der Waals surface area contributed by atoms with Crippen LogP contribution < -0.4 is 14.8 Å². The predicted octanol–water partition coefficient (Wildman–Crippen LogP) is 1.45. The number of rotatable bonds is 6. The molecule has 0 amide bonds. The lowest BCUT2D eigenvalue weighted by atomic mass is 10.2. The smallest absolute Gasteiger partial charge is 0.162 e. The molecule has 1 heterocycles.